The highest BCUT2D eigenvalue weighted by molar-refractivity contribution is 7.87. The van der Waals surface area contributed by atoms with Crippen molar-refractivity contribution in [3.8, 4) is 5.75 Å². The van der Waals surface area contributed by atoms with E-state index in [4.69, 9.17) is 0 Å². The Balaban J connectivity index is 2.15. The van der Waals surface area contributed by atoms with Crippen LogP contribution in [0.2, 0.25) is 18.1 Å². The van der Waals surface area contributed by atoms with Gasteiger partial charge < -0.3 is 5.11 Å². The summed E-state index contributed by atoms with van der Waals surface area (Å²) in [7, 11) is -2.84. The first-order valence-corrected chi connectivity index (χ1v) is 15.3. The normalized spacial score (nSPS) is 15.7. The third kappa shape index (κ3) is 3.82. The summed E-state index contributed by atoms with van der Waals surface area (Å²) < 4.78 is 29.3. The van der Waals surface area contributed by atoms with Crippen LogP contribution in [0.3, 0.4) is 0 Å². The number of hydrogen-bond donors (Lipinski definition) is 1. The Morgan fingerprint density at radius 2 is 1.86 bits per heavy atom. The summed E-state index contributed by atoms with van der Waals surface area (Å²) in [6, 6.07) is 0. The lowest BCUT2D eigenvalue weighted by molar-refractivity contribution is 0.461. The van der Waals surface area contributed by atoms with Gasteiger partial charge in [0.25, 0.3) is 0 Å². The number of rotatable bonds is 5. The number of nitrogens with zero attached hydrogens (tertiary/aromatic N) is 3. The van der Waals surface area contributed by atoms with Crippen LogP contribution in [0.25, 0.3) is 0 Å². The SMILES string of the molecule is CN(C)S(=O)(=O)n1c(Cc2sc3c(c2O)CCCC3)cnc1[Si](C)(C)C(C)(C)C. The maximum atomic E-state index is 13.3. The Morgan fingerprint density at radius 1 is 1.24 bits per heavy atom. The van der Waals surface area contributed by atoms with Gasteiger partial charge in [0, 0.05) is 37.2 Å². The number of aryl methyl sites for hydroxylation is 1. The van der Waals surface area contributed by atoms with E-state index in [0.29, 0.717) is 23.3 Å². The molecule has 0 saturated carbocycles. The minimum atomic E-state index is -3.73. The van der Waals surface area contributed by atoms with Gasteiger partial charge in [0.15, 0.2) is 0 Å². The molecular weight excluding hydrogens is 422 g/mol. The van der Waals surface area contributed by atoms with Crippen LogP contribution >= 0.6 is 11.3 Å². The van der Waals surface area contributed by atoms with E-state index in [2.05, 4.69) is 38.8 Å². The molecule has 2 aromatic heterocycles. The van der Waals surface area contributed by atoms with E-state index in [1.807, 2.05) is 0 Å². The summed E-state index contributed by atoms with van der Waals surface area (Å²) in [5.41, 5.74) is 2.34. The van der Waals surface area contributed by atoms with Gasteiger partial charge in [0.1, 0.15) is 19.3 Å². The number of aromatic nitrogens is 2. The molecule has 0 atom stereocenters. The highest BCUT2D eigenvalue weighted by atomic mass is 32.2. The van der Waals surface area contributed by atoms with Crippen LogP contribution in [0.15, 0.2) is 6.20 Å². The van der Waals surface area contributed by atoms with E-state index in [9.17, 15) is 13.5 Å². The van der Waals surface area contributed by atoms with Crippen LogP contribution in [0, 0.1) is 0 Å². The minimum absolute atomic E-state index is 0.0562. The number of hydrogen-bond acceptors (Lipinski definition) is 5. The second-order valence-electron chi connectivity index (χ2n) is 9.66. The molecule has 162 valence electrons. The van der Waals surface area contributed by atoms with Crippen molar-refractivity contribution in [2.45, 2.75) is 71.0 Å². The van der Waals surface area contributed by atoms with Crippen molar-refractivity contribution in [1.29, 1.82) is 0 Å². The summed E-state index contributed by atoms with van der Waals surface area (Å²) in [6.07, 6.45) is 6.21. The molecule has 0 radical (unpaired) electrons. The largest absolute Gasteiger partial charge is 0.506 e. The second-order valence-corrected chi connectivity index (χ2v) is 18.0. The van der Waals surface area contributed by atoms with Crippen molar-refractivity contribution >= 4 is 35.1 Å². The molecule has 0 aromatic carbocycles. The van der Waals surface area contributed by atoms with E-state index in [1.165, 1.54) is 13.2 Å². The average molecular weight is 456 g/mol. The summed E-state index contributed by atoms with van der Waals surface area (Å²) in [5.74, 6) is 0.355. The molecule has 6 nitrogen and oxygen atoms in total. The fourth-order valence-electron chi connectivity index (χ4n) is 3.56. The molecule has 0 saturated heterocycles. The first-order valence-electron chi connectivity index (χ1n) is 10.1. The predicted molar refractivity (Wildman–Crippen MR) is 122 cm³/mol. The van der Waals surface area contributed by atoms with Crippen LogP contribution in [0.5, 0.6) is 5.75 Å². The topological polar surface area (TPSA) is 75.4 Å². The van der Waals surface area contributed by atoms with Gasteiger partial charge >= 0.3 is 10.2 Å². The van der Waals surface area contributed by atoms with Gasteiger partial charge in [-0.2, -0.15) is 12.7 Å². The molecule has 9 heteroatoms. The molecule has 3 rings (SSSR count). The summed E-state index contributed by atoms with van der Waals surface area (Å²) in [6.45, 7) is 10.8. The molecule has 0 spiro atoms. The molecular formula is C20H33N3O3S2Si. The van der Waals surface area contributed by atoms with Gasteiger partial charge in [-0.1, -0.05) is 33.9 Å². The highest BCUT2D eigenvalue weighted by Gasteiger charge is 2.43. The number of thiophene rings is 1. The molecule has 0 amide bonds. The van der Waals surface area contributed by atoms with E-state index in [0.717, 1.165) is 36.1 Å². The molecule has 29 heavy (non-hydrogen) atoms. The van der Waals surface area contributed by atoms with Crippen molar-refractivity contribution in [2.75, 3.05) is 14.1 Å². The maximum absolute atomic E-state index is 13.3. The lowest BCUT2D eigenvalue weighted by atomic mass is 9.98. The summed E-state index contributed by atoms with van der Waals surface area (Å²) >= 11 is 1.62. The third-order valence-corrected chi connectivity index (χ3v) is 14.9. The molecule has 2 aromatic rings. The average Bonchev–Trinajstić information content (AvgIpc) is 3.17. The van der Waals surface area contributed by atoms with Crippen LogP contribution in [0.1, 0.15) is 54.6 Å². The summed E-state index contributed by atoms with van der Waals surface area (Å²) in [4.78, 5) is 6.74. The molecule has 1 N–H and O–H groups in total. The Labute approximate surface area is 179 Å². The number of imidazole rings is 1. The number of aromatic hydroxyl groups is 1. The van der Waals surface area contributed by atoms with Crippen LogP contribution in [-0.4, -0.2) is 49.0 Å². The standard InChI is InChI=1S/C20H33N3O3S2Si/c1-20(2,3)29(6,7)19-21-13-14(23(19)28(25,26)22(4)5)12-17-18(24)15-10-8-9-11-16(15)27-17/h13,24H,8-12H2,1-7H3. The molecule has 1 aliphatic rings. The van der Waals surface area contributed by atoms with Crippen LogP contribution in [-0.2, 0) is 29.5 Å². The second kappa shape index (κ2) is 7.51. The zero-order valence-electron chi connectivity index (χ0n) is 18.5. The van der Waals surface area contributed by atoms with Gasteiger partial charge in [-0.25, -0.2) is 8.96 Å². The van der Waals surface area contributed by atoms with Crippen molar-refractivity contribution in [3.63, 3.8) is 0 Å². The zero-order valence-corrected chi connectivity index (χ0v) is 21.2. The Hall–Kier alpha value is -1.16. The monoisotopic (exact) mass is 455 g/mol. The van der Waals surface area contributed by atoms with E-state index < -0.39 is 18.3 Å². The zero-order chi connectivity index (χ0) is 21.8. The molecule has 0 unspecified atom stereocenters. The van der Waals surface area contributed by atoms with Crippen molar-refractivity contribution in [2.24, 2.45) is 0 Å². The van der Waals surface area contributed by atoms with Crippen LogP contribution < -0.4 is 5.45 Å². The molecule has 0 fully saturated rings. The fourth-order valence-corrected chi connectivity index (χ4v) is 8.60. The van der Waals surface area contributed by atoms with Crippen molar-refractivity contribution < 1.29 is 13.5 Å². The molecule has 0 bridgehead atoms. The Kier molecular flexibility index (Phi) is 5.83. The third-order valence-electron chi connectivity index (χ3n) is 6.47. The maximum Gasteiger partial charge on any atom is 0.308 e. The molecule has 0 aliphatic heterocycles. The predicted octanol–water partition coefficient (Wildman–Crippen LogP) is 3.49. The highest BCUT2D eigenvalue weighted by Crippen LogP contribution is 2.41. The van der Waals surface area contributed by atoms with Crippen molar-refractivity contribution in [3.05, 3.63) is 27.2 Å². The van der Waals surface area contributed by atoms with Crippen LogP contribution in [0.4, 0.5) is 0 Å². The van der Waals surface area contributed by atoms with Gasteiger partial charge in [0.05, 0.1) is 10.6 Å². The Bertz CT molecular complexity index is 1010. The van der Waals surface area contributed by atoms with Gasteiger partial charge in [-0.15, -0.1) is 11.3 Å². The van der Waals surface area contributed by atoms with Gasteiger partial charge in [-0.05, 0) is 30.7 Å². The summed E-state index contributed by atoms with van der Waals surface area (Å²) in [5, 5.41) is 10.7. The molecule has 2 heterocycles. The lowest BCUT2D eigenvalue weighted by Crippen LogP contribution is -2.56. The minimum Gasteiger partial charge on any atom is -0.506 e. The fraction of sp³-hybridized carbons (Fsp3) is 0.650. The quantitative estimate of drug-likeness (QED) is 0.700. The lowest BCUT2D eigenvalue weighted by Gasteiger charge is -2.36. The van der Waals surface area contributed by atoms with E-state index >= 15 is 0 Å². The van der Waals surface area contributed by atoms with E-state index in [1.54, 1.807) is 31.6 Å². The first-order chi connectivity index (χ1) is 13.3. The smallest absolute Gasteiger partial charge is 0.308 e. The molecule has 1 aliphatic carbocycles. The van der Waals surface area contributed by atoms with Crippen molar-refractivity contribution in [1.82, 2.24) is 13.3 Å². The Morgan fingerprint density at radius 3 is 2.41 bits per heavy atom. The van der Waals surface area contributed by atoms with E-state index in [-0.39, 0.29) is 5.04 Å². The van der Waals surface area contributed by atoms with Gasteiger partial charge in [0.2, 0.25) is 0 Å². The number of fused-ring (bicyclic) bond motifs is 1. The van der Waals surface area contributed by atoms with Gasteiger partial charge in [-0.3, -0.25) is 0 Å². The first kappa shape index (κ1) is 22.5.